The summed E-state index contributed by atoms with van der Waals surface area (Å²) in [6, 6.07) is 7.62. The van der Waals surface area contributed by atoms with E-state index in [9.17, 15) is 13.2 Å². The zero-order valence-corrected chi connectivity index (χ0v) is 14.0. The molecule has 26 heavy (non-hydrogen) atoms. The van der Waals surface area contributed by atoms with Crippen LogP contribution in [0.5, 0.6) is 11.6 Å². The van der Waals surface area contributed by atoms with Gasteiger partial charge in [-0.05, 0) is 18.2 Å². The van der Waals surface area contributed by atoms with Crippen LogP contribution in [0, 0.1) is 22.7 Å². The van der Waals surface area contributed by atoms with Crippen LogP contribution < -0.4 is 10.2 Å². The number of hydrogen-bond acceptors (Lipinski definition) is 6. The van der Waals surface area contributed by atoms with Crippen molar-refractivity contribution in [2.45, 2.75) is 6.18 Å². The Hall–Kier alpha value is -3.01. The zero-order chi connectivity index (χ0) is 19.3. The molecule has 11 heteroatoms. The van der Waals surface area contributed by atoms with Crippen LogP contribution in [0.1, 0.15) is 5.56 Å². The zero-order valence-electron chi connectivity index (χ0n) is 12.5. The summed E-state index contributed by atoms with van der Waals surface area (Å²) in [7, 11) is 0. The third-order valence-corrected chi connectivity index (χ3v) is 3.34. The molecule has 0 bridgehead atoms. The standard InChI is InChI=1S/C15H6Cl2F3N5O/c16-11-3-9(24-25-10(5-21)6-22)4-12(17)14(11)26-13-2-1-8(7-23-13)15(18,19)20/h1-4,7,24H. The quantitative estimate of drug-likeness (QED) is 0.575. The van der Waals surface area contributed by atoms with E-state index in [1.807, 2.05) is 0 Å². The number of benzene rings is 1. The summed E-state index contributed by atoms with van der Waals surface area (Å²) in [5.41, 5.74) is 1.34. The number of anilines is 1. The van der Waals surface area contributed by atoms with Crippen molar-refractivity contribution in [2.24, 2.45) is 5.10 Å². The predicted molar refractivity (Wildman–Crippen MR) is 88.1 cm³/mol. The van der Waals surface area contributed by atoms with Crippen molar-refractivity contribution >= 4 is 34.6 Å². The average molecular weight is 400 g/mol. The monoisotopic (exact) mass is 399 g/mol. The highest BCUT2D eigenvalue weighted by molar-refractivity contribution is 6.37. The Morgan fingerprint density at radius 1 is 1.15 bits per heavy atom. The SMILES string of the molecule is N#CC(C#N)=NNc1cc(Cl)c(Oc2ccc(C(F)(F)F)cn2)c(Cl)c1. The lowest BCUT2D eigenvalue weighted by Gasteiger charge is -2.11. The number of ether oxygens (including phenoxy) is 1. The van der Waals surface area contributed by atoms with E-state index in [0.717, 1.165) is 12.1 Å². The molecule has 1 heterocycles. The maximum absolute atomic E-state index is 12.5. The maximum Gasteiger partial charge on any atom is 0.417 e. The van der Waals surface area contributed by atoms with Crippen LogP contribution in [0.2, 0.25) is 10.0 Å². The molecule has 0 atom stereocenters. The lowest BCUT2D eigenvalue weighted by atomic mass is 10.3. The van der Waals surface area contributed by atoms with Crippen LogP contribution in [0.3, 0.4) is 0 Å². The number of nitriles is 2. The highest BCUT2D eigenvalue weighted by Crippen LogP contribution is 2.39. The smallest absolute Gasteiger partial charge is 0.417 e. The van der Waals surface area contributed by atoms with Gasteiger partial charge >= 0.3 is 6.18 Å². The Bertz CT molecular complexity index is 891. The van der Waals surface area contributed by atoms with Gasteiger partial charge in [-0.15, -0.1) is 0 Å². The van der Waals surface area contributed by atoms with E-state index >= 15 is 0 Å². The lowest BCUT2D eigenvalue weighted by Crippen LogP contribution is -2.05. The third-order valence-electron chi connectivity index (χ3n) is 2.78. The van der Waals surface area contributed by atoms with Gasteiger partial charge in [0.25, 0.3) is 0 Å². The van der Waals surface area contributed by atoms with Gasteiger partial charge in [0, 0.05) is 12.3 Å². The molecule has 0 spiro atoms. The van der Waals surface area contributed by atoms with Crippen LogP contribution in [0.4, 0.5) is 18.9 Å². The highest BCUT2D eigenvalue weighted by Gasteiger charge is 2.30. The summed E-state index contributed by atoms with van der Waals surface area (Å²) in [4.78, 5) is 3.56. The highest BCUT2D eigenvalue weighted by atomic mass is 35.5. The molecule has 1 aromatic heterocycles. The van der Waals surface area contributed by atoms with Crippen LogP contribution >= 0.6 is 23.2 Å². The van der Waals surface area contributed by atoms with Crippen LogP contribution in [-0.4, -0.2) is 10.7 Å². The number of nitrogens with one attached hydrogen (secondary N) is 1. The lowest BCUT2D eigenvalue weighted by molar-refractivity contribution is -0.137. The van der Waals surface area contributed by atoms with Crippen LogP contribution in [-0.2, 0) is 6.18 Å². The number of pyridine rings is 1. The van der Waals surface area contributed by atoms with Gasteiger partial charge in [0.05, 0.1) is 21.3 Å². The predicted octanol–water partition coefficient (Wildman–Crippen LogP) is 5.01. The van der Waals surface area contributed by atoms with Crippen molar-refractivity contribution < 1.29 is 17.9 Å². The van der Waals surface area contributed by atoms with Crippen molar-refractivity contribution in [1.82, 2.24) is 4.98 Å². The first kappa shape index (κ1) is 19.3. The van der Waals surface area contributed by atoms with Crippen LogP contribution in [0.25, 0.3) is 0 Å². The molecule has 0 aliphatic carbocycles. The Morgan fingerprint density at radius 3 is 2.23 bits per heavy atom. The van der Waals surface area contributed by atoms with E-state index in [0.29, 0.717) is 6.20 Å². The number of hydrogen-bond donors (Lipinski definition) is 1. The molecular formula is C15H6Cl2F3N5O. The van der Waals surface area contributed by atoms with E-state index in [1.54, 1.807) is 12.1 Å². The maximum atomic E-state index is 12.5. The van der Waals surface area contributed by atoms with Crippen molar-refractivity contribution in [2.75, 3.05) is 5.43 Å². The van der Waals surface area contributed by atoms with Crippen LogP contribution in [0.15, 0.2) is 35.6 Å². The first-order chi connectivity index (χ1) is 12.2. The molecule has 2 aromatic rings. The Balaban J connectivity index is 2.22. The number of hydrazone groups is 1. The summed E-state index contributed by atoms with van der Waals surface area (Å²) in [6.07, 6.45) is -3.90. The van der Waals surface area contributed by atoms with Crippen molar-refractivity contribution in [3.63, 3.8) is 0 Å². The first-order valence-corrected chi connectivity index (χ1v) is 7.34. The summed E-state index contributed by atoms with van der Waals surface area (Å²) in [5, 5.41) is 20.7. The van der Waals surface area contributed by atoms with Gasteiger partial charge in [-0.1, -0.05) is 23.2 Å². The van der Waals surface area contributed by atoms with Gasteiger partial charge in [-0.3, -0.25) is 5.43 Å². The molecule has 1 aromatic carbocycles. The molecule has 1 N–H and O–H groups in total. The Labute approximate surface area is 155 Å². The van der Waals surface area contributed by atoms with Crippen molar-refractivity contribution in [3.8, 4) is 23.8 Å². The minimum Gasteiger partial charge on any atom is -0.436 e. The van der Waals surface area contributed by atoms with Gasteiger partial charge in [0.2, 0.25) is 11.6 Å². The molecule has 6 nitrogen and oxygen atoms in total. The van der Waals surface area contributed by atoms with Gasteiger partial charge < -0.3 is 4.74 Å². The first-order valence-electron chi connectivity index (χ1n) is 6.58. The van der Waals surface area contributed by atoms with E-state index in [-0.39, 0.29) is 27.4 Å². The normalized spacial score (nSPS) is 10.4. The number of aromatic nitrogens is 1. The molecule has 132 valence electrons. The van der Waals surface area contributed by atoms with Gasteiger partial charge in [0.15, 0.2) is 5.75 Å². The van der Waals surface area contributed by atoms with Gasteiger partial charge in [-0.25, -0.2) is 4.98 Å². The number of halogens is 5. The summed E-state index contributed by atoms with van der Waals surface area (Å²) in [5.74, 6) is -0.173. The fourth-order valence-corrected chi connectivity index (χ4v) is 2.19. The Morgan fingerprint density at radius 2 is 1.77 bits per heavy atom. The molecule has 0 amide bonds. The molecule has 0 saturated carbocycles. The minimum absolute atomic E-state index is 0.00682. The van der Waals surface area contributed by atoms with E-state index in [1.165, 1.54) is 12.1 Å². The molecule has 0 radical (unpaired) electrons. The largest absolute Gasteiger partial charge is 0.436 e. The molecule has 0 aliphatic heterocycles. The number of rotatable bonds is 4. The molecule has 0 saturated heterocycles. The fourth-order valence-electron chi connectivity index (χ4n) is 1.63. The number of alkyl halides is 3. The molecule has 0 unspecified atom stereocenters. The van der Waals surface area contributed by atoms with Crippen molar-refractivity contribution in [1.29, 1.82) is 10.5 Å². The second kappa shape index (κ2) is 7.91. The molecule has 0 aliphatic rings. The molecular weight excluding hydrogens is 394 g/mol. The third kappa shape index (κ3) is 4.76. The second-order valence-electron chi connectivity index (χ2n) is 4.55. The Kier molecular flexibility index (Phi) is 5.88. The summed E-state index contributed by atoms with van der Waals surface area (Å²) < 4.78 is 42.9. The van der Waals surface area contributed by atoms with E-state index in [2.05, 4.69) is 15.5 Å². The minimum atomic E-state index is -4.51. The van der Waals surface area contributed by atoms with Crippen molar-refractivity contribution in [3.05, 3.63) is 46.1 Å². The fraction of sp³-hybridized carbons (Fsp3) is 0.0667. The van der Waals surface area contributed by atoms with E-state index in [4.69, 9.17) is 38.5 Å². The average Bonchev–Trinajstić information content (AvgIpc) is 2.58. The van der Waals surface area contributed by atoms with E-state index < -0.39 is 17.5 Å². The molecule has 2 rings (SSSR count). The summed E-state index contributed by atoms with van der Waals surface area (Å²) >= 11 is 12.1. The van der Waals surface area contributed by atoms with Gasteiger partial charge in [-0.2, -0.15) is 28.8 Å². The summed E-state index contributed by atoms with van der Waals surface area (Å²) in [6.45, 7) is 0. The number of nitrogens with zero attached hydrogens (tertiary/aromatic N) is 4. The topological polar surface area (TPSA) is 94.1 Å². The second-order valence-corrected chi connectivity index (χ2v) is 5.36. The van der Waals surface area contributed by atoms with Gasteiger partial charge in [0.1, 0.15) is 12.1 Å². The molecule has 0 fully saturated rings.